The van der Waals surface area contributed by atoms with Gasteiger partial charge in [-0.3, -0.25) is 9.69 Å². The number of nitrogens with one attached hydrogen (secondary N) is 1. The standard InChI is InChI=1S/C17H31N3O4/c1-4-19(11-16(21)22)14-8-13(9-14)18-17(23)20-7-6-15(24-5-2)12(3)10-20/h12-15H,4-11H2,1-3H3,(H,18,23)(H,21,22). The van der Waals surface area contributed by atoms with E-state index in [4.69, 9.17) is 9.84 Å². The second-order valence-corrected chi connectivity index (χ2v) is 6.93. The van der Waals surface area contributed by atoms with Crippen molar-refractivity contribution in [3.05, 3.63) is 0 Å². The molecule has 7 nitrogen and oxygen atoms in total. The quantitative estimate of drug-likeness (QED) is 0.731. The summed E-state index contributed by atoms with van der Waals surface area (Å²) < 4.78 is 5.71. The highest BCUT2D eigenvalue weighted by Gasteiger charge is 2.36. The second-order valence-electron chi connectivity index (χ2n) is 6.93. The van der Waals surface area contributed by atoms with Crippen molar-refractivity contribution in [1.29, 1.82) is 0 Å². The molecule has 1 aliphatic heterocycles. The number of likely N-dealkylation sites (N-methyl/N-ethyl adjacent to an activating group) is 1. The van der Waals surface area contributed by atoms with Crippen molar-refractivity contribution >= 4 is 12.0 Å². The molecule has 2 atom stereocenters. The summed E-state index contributed by atoms with van der Waals surface area (Å²) in [4.78, 5) is 27.1. The van der Waals surface area contributed by atoms with E-state index in [1.807, 2.05) is 23.6 Å². The van der Waals surface area contributed by atoms with Gasteiger partial charge >= 0.3 is 12.0 Å². The number of amides is 2. The average molecular weight is 341 g/mol. The Bertz CT molecular complexity index is 440. The fourth-order valence-electron chi connectivity index (χ4n) is 3.71. The first-order valence-electron chi connectivity index (χ1n) is 9.07. The van der Waals surface area contributed by atoms with Gasteiger partial charge in [-0.2, -0.15) is 0 Å². The van der Waals surface area contributed by atoms with Crippen LogP contribution in [0.25, 0.3) is 0 Å². The normalized spacial score (nSPS) is 30.1. The molecule has 0 aromatic heterocycles. The van der Waals surface area contributed by atoms with Crippen LogP contribution in [0.5, 0.6) is 0 Å². The van der Waals surface area contributed by atoms with Crippen molar-refractivity contribution in [1.82, 2.24) is 15.1 Å². The molecule has 1 saturated carbocycles. The Balaban J connectivity index is 1.72. The van der Waals surface area contributed by atoms with Crippen molar-refractivity contribution in [2.75, 3.05) is 32.8 Å². The van der Waals surface area contributed by atoms with Crippen molar-refractivity contribution < 1.29 is 19.4 Å². The Kier molecular flexibility index (Phi) is 6.86. The van der Waals surface area contributed by atoms with Gasteiger partial charge in [-0.15, -0.1) is 0 Å². The van der Waals surface area contributed by atoms with Crippen molar-refractivity contribution in [2.45, 2.75) is 58.2 Å². The third-order valence-corrected chi connectivity index (χ3v) is 5.20. The third kappa shape index (κ3) is 4.83. The van der Waals surface area contributed by atoms with Crippen molar-refractivity contribution in [3.63, 3.8) is 0 Å². The summed E-state index contributed by atoms with van der Waals surface area (Å²) in [6.07, 6.45) is 2.80. The molecular formula is C17H31N3O4. The third-order valence-electron chi connectivity index (χ3n) is 5.20. The topological polar surface area (TPSA) is 82.1 Å². The maximum atomic E-state index is 12.4. The molecule has 0 aromatic carbocycles. The predicted molar refractivity (Wildman–Crippen MR) is 91.0 cm³/mol. The van der Waals surface area contributed by atoms with Crippen LogP contribution in [0.3, 0.4) is 0 Å². The van der Waals surface area contributed by atoms with E-state index in [2.05, 4.69) is 12.2 Å². The first-order chi connectivity index (χ1) is 11.4. The summed E-state index contributed by atoms with van der Waals surface area (Å²) >= 11 is 0. The zero-order chi connectivity index (χ0) is 17.7. The van der Waals surface area contributed by atoms with E-state index in [0.29, 0.717) is 5.92 Å². The van der Waals surface area contributed by atoms with Gasteiger partial charge in [0.15, 0.2) is 0 Å². The number of carbonyl (C=O) groups excluding carboxylic acids is 1. The highest BCUT2D eigenvalue weighted by molar-refractivity contribution is 5.74. The van der Waals surface area contributed by atoms with E-state index < -0.39 is 5.97 Å². The zero-order valence-corrected chi connectivity index (χ0v) is 15.0. The number of carboxylic acid groups (broad SMARTS) is 1. The number of nitrogens with zero attached hydrogens (tertiary/aromatic N) is 2. The number of rotatable bonds is 7. The largest absolute Gasteiger partial charge is 0.480 e. The van der Waals surface area contributed by atoms with Crippen LogP contribution in [0.15, 0.2) is 0 Å². The monoisotopic (exact) mass is 341 g/mol. The molecule has 0 spiro atoms. The summed E-state index contributed by atoms with van der Waals surface area (Å²) in [6.45, 7) is 9.08. The van der Waals surface area contributed by atoms with Gasteiger partial charge in [0.1, 0.15) is 0 Å². The van der Waals surface area contributed by atoms with Crippen LogP contribution in [0.4, 0.5) is 4.79 Å². The smallest absolute Gasteiger partial charge is 0.317 e. The summed E-state index contributed by atoms with van der Waals surface area (Å²) in [6, 6.07) is 0.422. The lowest BCUT2D eigenvalue weighted by Crippen LogP contribution is -2.58. The van der Waals surface area contributed by atoms with Crippen LogP contribution < -0.4 is 5.32 Å². The Labute approximate surface area is 144 Å². The van der Waals surface area contributed by atoms with Crippen molar-refractivity contribution in [3.8, 4) is 0 Å². The summed E-state index contributed by atoms with van der Waals surface area (Å²) in [5.41, 5.74) is 0. The lowest BCUT2D eigenvalue weighted by molar-refractivity contribution is -0.139. The molecule has 2 amide bonds. The SMILES string of the molecule is CCOC1CCN(C(=O)NC2CC(N(CC)CC(=O)O)C2)CC1C. The molecule has 1 aliphatic carbocycles. The summed E-state index contributed by atoms with van der Waals surface area (Å²) in [7, 11) is 0. The van der Waals surface area contributed by atoms with Gasteiger partial charge < -0.3 is 20.1 Å². The second kappa shape index (κ2) is 8.67. The summed E-state index contributed by atoms with van der Waals surface area (Å²) in [5, 5.41) is 12.0. The molecule has 0 bridgehead atoms. The first kappa shape index (κ1) is 19.0. The number of hydrogen-bond donors (Lipinski definition) is 2. The molecule has 0 aromatic rings. The van der Waals surface area contributed by atoms with E-state index in [0.717, 1.165) is 45.5 Å². The maximum Gasteiger partial charge on any atom is 0.317 e. The zero-order valence-electron chi connectivity index (χ0n) is 15.0. The van der Waals surface area contributed by atoms with Gasteiger partial charge in [0, 0.05) is 37.7 Å². The molecule has 1 saturated heterocycles. The molecule has 2 aliphatic rings. The predicted octanol–water partition coefficient (Wildman–Crippen LogP) is 1.38. The minimum Gasteiger partial charge on any atom is -0.480 e. The van der Waals surface area contributed by atoms with Gasteiger partial charge in [-0.1, -0.05) is 13.8 Å². The average Bonchev–Trinajstić information content (AvgIpc) is 2.50. The van der Waals surface area contributed by atoms with Crippen LogP contribution in [-0.4, -0.2) is 77.9 Å². The number of ether oxygens (including phenoxy) is 1. The molecule has 2 fully saturated rings. The molecule has 2 unspecified atom stereocenters. The Morgan fingerprint density at radius 2 is 2.04 bits per heavy atom. The van der Waals surface area contributed by atoms with Crippen LogP contribution in [0.1, 0.15) is 40.0 Å². The Morgan fingerprint density at radius 1 is 1.33 bits per heavy atom. The van der Waals surface area contributed by atoms with E-state index in [-0.39, 0.29) is 30.8 Å². The number of carbonyl (C=O) groups is 2. The van der Waals surface area contributed by atoms with Crippen LogP contribution >= 0.6 is 0 Å². The first-order valence-corrected chi connectivity index (χ1v) is 9.07. The summed E-state index contributed by atoms with van der Waals surface area (Å²) in [5.74, 6) is -0.444. The van der Waals surface area contributed by atoms with E-state index in [1.54, 1.807) is 0 Å². The van der Waals surface area contributed by atoms with Gasteiger partial charge in [0.25, 0.3) is 0 Å². The highest BCUT2D eigenvalue weighted by Crippen LogP contribution is 2.26. The van der Waals surface area contributed by atoms with Crippen LogP contribution in [-0.2, 0) is 9.53 Å². The fraction of sp³-hybridized carbons (Fsp3) is 0.882. The maximum absolute atomic E-state index is 12.4. The van der Waals surface area contributed by atoms with Gasteiger partial charge in [-0.05, 0) is 32.7 Å². The molecule has 7 heteroatoms. The molecule has 1 heterocycles. The number of aliphatic carboxylic acids is 1. The number of hydrogen-bond acceptors (Lipinski definition) is 4. The minimum absolute atomic E-state index is 0.00142. The molecule has 0 radical (unpaired) electrons. The molecule has 2 N–H and O–H groups in total. The molecule has 24 heavy (non-hydrogen) atoms. The highest BCUT2D eigenvalue weighted by atomic mass is 16.5. The van der Waals surface area contributed by atoms with Crippen LogP contribution in [0.2, 0.25) is 0 Å². The Hall–Kier alpha value is -1.34. The van der Waals surface area contributed by atoms with Gasteiger partial charge in [0.2, 0.25) is 0 Å². The molecule has 2 rings (SSSR count). The fourth-order valence-corrected chi connectivity index (χ4v) is 3.71. The van der Waals surface area contributed by atoms with E-state index >= 15 is 0 Å². The number of carboxylic acids is 1. The number of urea groups is 1. The lowest BCUT2D eigenvalue weighted by atomic mass is 9.85. The number of likely N-dealkylation sites (tertiary alicyclic amines) is 1. The molecular weight excluding hydrogens is 310 g/mol. The van der Waals surface area contributed by atoms with E-state index in [1.165, 1.54) is 0 Å². The van der Waals surface area contributed by atoms with Gasteiger partial charge in [-0.25, -0.2) is 4.79 Å². The lowest BCUT2D eigenvalue weighted by Gasteiger charge is -2.43. The minimum atomic E-state index is -0.796. The van der Waals surface area contributed by atoms with Crippen molar-refractivity contribution in [2.24, 2.45) is 5.92 Å². The van der Waals surface area contributed by atoms with Gasteiger partial charge in [0.05, 0.1) is 12.6 Å². The van der Waals surface area contributed by atoms with Crippen LogP contribution in [0, 0.1) is 5.92 Å². The number of piperidine rings is 1. The van der Waals surface area contributed by atoms with E-state index in [9.17, 15) is 9.59 Å². The Morgan fingerprint density at radius 3 is 2.58 bits per heavy atom. The molecule has 138 valence electrons.